The number of rotatable bonds is 8. The van der Waals surface area contributed by atoms with E-state index in [4.69, 9.17) is 18.9 Å². The van der Waals surface area contributed by atoms with Gasteiger partial charge in [-0.2, -0.15) is 0 Å². The molecular weight excluding hydrogens is 751 g/mol. The number of aromatic carboxylic acids is 1. The number of aliphatic hydroxyl groups excluding tert-OH is 1. The first-order valence-corrected chi connectivity index (χ1v) is 16.2. The van der Waals surface area contributed by atoms with Crippen LogP contribution in [0, 0.1) is 67.1 Å². The van der Waals surface area contributed by atoms with Crippen LogP contribution in [-0.4, -0.2) is 57.2 Å². The van der Waals surface area contributed by atoms with Gasteiger partial charge in [0.1, 0.15) is 44.4 Å². The van der Waals surface area contributed by atoms with Gasteiger partial charge in [-0.25, -0.2) is 18.8 Å². The first kappa shape index (κ1) is 39.1. The van der Waals surface area contributed by atoms with Crippen molar-refractivity contribution in [1.82, 2.24) is 0 Å². The fourth-order valence-electron chi connectivity index (χ4n) is 5.82. The lowest BCUT2D eigenvalue weighted by Crippen LogP contribution is -2.32. The van der Waals surface area contributed by atoms with Crippen molar-refractivity contribution in [2.75, 3.05) is 7.11 Å². The Morgan fingerprint density at radius 3 is 1.65 bits per heavy atom. The van der Waals surface area contributed by atoms with Crippen LogP contribution in [0.1, 0.15) is 75.6 Å². The van der Waals surface area contributed by atoms with E-state index in [-0.39, 0.29) is 44.0 Å². The number of esters is 3. The van der Waals surface area contributed by atoms with Gasteiger partial charge in [0.15, 0.2) is 29.0 Å². The topological polar surface area (TPSA) is 203 Å². The van der Waals surface area contributed by atoms with Crippen LogP contribution in [0.3, 0.4) is 0 Å². The number of aromatic hydroxyl groups is 2. The average Bonchev–Trinajstić information content (AvgIpc) is 3.07. The maximum Gasteiger partial charge on any atom is 0.347 e. The van der Waals surface area contributed by atoms with Crippen molar-refractivity contribution in [3.8, 4) is 28.7 Å². The summed E-state index contributed by atoms with van der Waals surface area (Å²) in [5, 5.41) is 41.5. The van der Waals surface area contributed by atoms with Gasteiger partial charge in [0.2, 0.25) is 0 Å². The van der Waals surface area contributed by atoms with E-state index in [1.807, 2.05) is 0 Å². The maximum atomic E-state index is 15.9. The number of phenolic OH excluding ortho intramolecular Hbond substituents is 2. The summed E-state index contributed by atoms with van der Waals surface area (Å²) >= 11 is 3.10. The second-order valence-electron chi connectivity index (χ2n) is 12.1. The Balaban J connectivity index is 1.68. The molecule has 1 unspecified atom stereocenters. The number of carbonyl (C=O) groups excluding carboxylic acids is 4. The minimum Gasteiger partial charge on any atom is -0.508 e. The second-order valence-corrected chi connectivity index (χ2v) is 12.9. The summed E-state index contributed by atoms with van der Waals surface area (Å²) in [6.07, 6.45) is 1.89. The molecule has 0 aliphatic heterocycles. The molecule has 0 saturated carbocycles. The molecule has 0 heterocycles. The third kappa shape index (κ3) is 6.59. The van der Waals surface area contributed by atoms with Crippen molar-refractivity contribution in [2.45, 2.75) is 55.4 Å². The van der Waals surface area contributed by atoms with Gasteiger partial charge in [-0.3, -0.25) is 9.59 Å². The summed E-state index contributed by atoms with van der Waals surface area (Å²) in [5.41, 5.74) is -0.205. The number of carbonyl (C=O) groups is 5. The smallest absolute Gasteiger partial charge is 0.347 e. The van der Waals surface area contributed by atoms with Crippen LogP contribution in [0.2, 0.25) is 0 Å². The van der Waals surface area contributed by atoms with Crippen LogP contribution < -0.4 is 14.2 Å². The van der Waals surface area contributed by atoms with Gasteiger partial charge in [-0.15, -0.1) is 0 Å². The van der Waals surface area contributed by atoms with Gasteiger partial charge in [0.05, 0.1) is 12.7 Å². The monoisotopic (exact) mass is 784 g/mol. The number of ether oxygens (including phenoxy) is 4. The quantitative estimate of drug-likeness (QED) is 0.107. The zero-order valence-electron chi connectivity index (χ0n) is 29.5. The number of allylic oxidation sites excluding steroid dienone is 2. The Kier molecular flexibility index (Phi) is 10.9. The third-order valence-corrected chi connectivity index (χ3v) is 9.89. The summed E-state index contributed by atoms with van der Waals surface area (Å²) in [6, 6.07) is 0. The highest BCUT2D eigenvalue weighted by atomic mass is 79.9. The van der Waals surface area contributed by atoms with Crippen molar-refractivity contribution in [3.05, 3.63) is 95.2 Å². The highest BCUT2D eigenvalue weighted by molar-refractivity contribution is 9.10. The van der Waals surface area contributed by atoms with E-state index < -0.39 is 81.1 Å². The first-order valence-electron chi connectivity index (χ1n) is 15.4. The number of hydrogen-bond acceptors (Lipinski definition) is 12. The van der Waals surface area contributed by atoms with Crippen LogP contribution in [0.15, 0.2) is 28.1 Å². The number of carboxylic acid groups (broad SMARTS) is 1. The minimum atomic E-state index is -1.57. The number of ketones is 1. The van der Waals surface area contributed by atoms with E-state index in [9.17, 15) is 44.4 Å². The summed E-state index contributed by atoms with van der Waals surface area (Å²) in [4.78, 5) is 64.3. The molecular formula is C37H34BrFO13. The van der Waals surface area contributed by atoms with Crippen molar-refractivity contribution < 1.29 is 67.7 Å². The van der Waals surface area contributed by atoms with Gasteiger partial charge in [-0.05, 0) is 105 Å². The average molecular weight is 786 g/mol. The summed E-state index contributed by atoms with van der Waals surface area (Å²) in [5.74, 6) is -11.4. The molecule has 52 heavy (non-hydrogen) atoms. The molecule has 1 aliphatic carbocycles. The normalized spacial score (nSPS) is 14.0. The molecule has 0 spiro atoms. The third-order valence-electron chi connectivity index (χ3n) is 9.15. The largest absolute Gasteiger partial charge is 0.508 e. The van der Waals surface area contributed by atoms with E-state index in [1.165, 1.54) is 27.9 Å². The van der Waals surface area contributed by atoms with E-state index in [0.717, 1.165) is 19.1 Å². The van der Waals surface area contributed by atoms with Crippen LogP contribution in [0.25, 0.3) is 0 Å². The van der Waals surface area contributed by atoms with Crippen molar-refractivity contribution in [3.63, 3.8) is 0 Å². The summed E-state index contributed by atoms with van der Waals surface area (Å²) in [7, 11) is 1.19. The van der Waals surface area contributed by atoms with Gasteiger partial charge in [-0.1, -0.05) is 0 Å². The summed E-state index contributed by atoms with van der Waals surface area (Å²) in [6.45, 7) is 11.4. The van der Waals surface area contributed by atoms with E-state index >= 15 is 4.39 Å². The number of phenols is 2. The lowest BCUT2D eigenvalue weighted by Gasteiger charge is -2.22. The lowest BCUT2D eigenvalue weighted by molar-refractivity contribution is -0.142. The molecule has 4 N–H and O–H groups in total. The van der Waals surface area contributed by atoms with E-state index in [2.05, 4.69) is 15.9 Å². The standard InChI is InChI=1S/C37H34BrFO13/c1-12-15(4)31(16(5)13(2)23(12)34(44)45)50-36(47)25-18(7)28(39)33(19(8)29(25)42)52-35(46)24-14(3)17(6)32(27(38)30(24)43)51-37(48)26-21(41)10-20(40)11-22(26)49-9/h10-11,26,40,42-43H,1-9H3,(H,44,45). The van der Waals surface area contributed by atoms with Crippen LogP contribution in [0.4, 0.5) is 4.39 Å². The number of halogens is 2. The highest BCUT2D eigenvalue weighted by Crippen LogP contribution is 2.44. The Morgan fingerprint density at radius 2 is 1.13 bits per heavy atom. The summed E-state index contributed by atoms with van der Waals surface area (Å²) < 4.78 is 37.1. The number of benzene rings is 3. The molecule has 0 aromatic heterocycles. The second kappa shape index (κ2) is 14.5. The maximum absolute atomic E-state index is 15.9. The SMILES string of the molecule is COC1=CC(O)=CC(=O)C1C(=O)Oc1c(C)c(C)c(C(=O)Oc2c(C)c(O)c(C(=O)Oc3c(C)c(C)c(C(=O)O)c(C)c3C)c(C)c2F)c(O)c1Br. The number of aliphatic hydroxyl groups is 1. The Hall–Kier alpha value is -5.70. The van der Waals surface area contributed by atoms with Gasteiger partial charge in [0, 0.05) is 23.3 Å². The molecule has 1 atom stereocenters. The van der Waals surface area contributed by atoms with Crippen molar-refractivity contribution in [1.29, 1.82) is 0 Å². The first-order chi connectivity index (χ1) is 24.2. The molecule has 15 heteroatoms. The van der Waals surface area contributed by atoms with Crippen molar-refractivity contribution >= 4 is 45.6 Å². The molecule has 0 bridgehead atoms. The van der Waals surface area contributed by atoms with Gasteiger partial charge >= 0.3 is 23.9 Å². The number of hydrogen-bond donors (Lipinski definition) is 4. The Labute approximate surface area is 305 Å². The molecule has 0 amide bonds. The molecule has 3 aromatic rings. The minimum absolute atomic E-state index is 0.0352. The predicted octanol–water partition coefficient (Wildman–Crippen LogP) is 6.68. The van der Waals surface area contributed by atoms with Crippen LogP contribution >= 0.6 is 15.9 Å². The Morgan fingerprint density at radius 1 is 0.654 bits per heavy atom. The molecule has 3 aromatic carbocycles. The fourth-order valence-corrected chi connectivity index (χ4v) is 6.40. The van der Waals surface area contributed by atoms with Crippen molar-refractivity contribution in [2.24, 2.45) is 5.92 Å². The van der Waals surface area contributed by atoms with E-state index in [1.54, 1.807) is 27.7 Å². The molecule has 0 radical (unpaired) electrons. The highest BCUT2D eigenvalue weighted by Gasteiger charge is 2.37. The van der Waals surface area contributed by atoms with Gasteiger partial charge in [0.25, 0.3) is 0 Å². The number of methoxy groups -OCH3 is 1. The van der Waals surface area contributed by atoms with E-state index in [0.29, 0.717) is 22.3 Å². The molecule has 274 valence electrons. The molecule has 0 fully saturated rings. The molecule has 4 rings (SSSR count). The molecule has 1 aliphatic rings. The Bertz CT molecular complexity index is 2110. The van der Waals surface area contributed by atoms with Crippen LogP contribution in [-0.2, 0) is 14.3 Å². The zero-order chi connectivity index (χ0) is 39.3. The zero-order valence-corrected chi connectivity index (χ0v) is 31.0. The fraction of sp³-hybridized carbons (Fsp3) is 0.270. The van der Waals surface area contributed by atoms with Gasteiger partial charge < -0.3 is 39.4 Å². The van der Waals surface area contributed by atoms with Crippen LogP contribution in [0.5, 0.6) is 28.7 Å². The molecule has 13 nitrogen and oxygen atoms in total. The lowest BCUT2D eigenvalue weighted by atomic mass is 9.93. The number of carboxylic acids is 1. The molecule has 0 saturated heterocycles. The predicted molar refractivity (Wildman–Crippen MR) is 185 cm³/mol.